The van der Waals surface area contributed by atoms with E-state index in [9.17, 15) is 0 Å². The quantitative estimate of drug-likeness (QED) is 0.471. The highest BCUT2D eigenvalue weighted by Gasteiger charge is 2.12. The van der Waals surface area contributed by atoms with E-state index in [0.717, 1.165) is 4.90 Å². The SMILES string of the molecule is CSc1cccc(OCC(C)C)c1C(=N)N. The maximum atomic E-state index is 7.59. The van der Waals surface area contributed by atoms with Gasteiger partial charge in [-0.3, -0.25) is 5.41 Å². The van der Waals surface area contributed by atoms with Crippen LogP contribution in [0.15, 0.2) is 23.1 Å². The van der Waals surface area contributed by atoms with Crippen molar-refractivity contribution in [1.29, 1.82) is 5.41 Å². The highest BCUT2D eigenvalue weighted by molar-refractivity contribution is 7.98. The summed E-state index contributed by atoms with van der Waals surface area (Å²) < 4.78 is 5.67. The summed E-state index contributed by atoms with van der Waals surface area (Å²) in [6.45, 7) is 4.82. The fourth-order valence-corrected chi connectivity index (χ4v) is 1.95. The molecule has 1 rings (SSSR count). The average Bonchev–Trinajstić information content (AvgIpc) is 2.25. The first kappa shape index (κ1) is 12.9. The van der Waals surface area contributed by atoms with E-state index in [1.807, 2.05) is 24.5 Å². The Morgan fingerprint density at radius 3 is 2.69 bits per heavy atom. The monoisotopic (exact) mass is 238 g/mol. The Kier molecular flexibility index (Phi) is 4.68. The van der Waals surface area contributed by atoms with E-state index in [2.05, 4.69) is 13.8 Å². The number of nitrogens with two attached hydrogens (primary N) is 1. The molecule has 3 nitrogen and oxygen atoms in total. The van der Waals surface area contributed by atoms with Crippen molar-refractivity contribution in [1.82, 2.24) is 0 Å². The van der Waals surface area contributed by atoms with Gasteiger partial charge in [0.15, 0.2) is 0 Å². The van der Waals surface area contributed by atoms with Crippen molar-refractivity contribution in [2.75, 3.05) is 12.9 Å². The molecule has 1 aromatic rings. The lowest BCUT2D eigenvalue weighted by molar-refractivity contribution is 0.270. The van der Waals surface area contributed by atoms with E-state index in [-0.39, 0.29) is 5.84 Å². The van der Waals surface area contributed by atoms with Crippen molar-refractivity contribution < 1.29 is 4.74 Å². The third-order valence-electron chi connectivity index (χ3n) is 2.05. The van der Waals surface area contributed by atoms with E-state index < -0.39 is 0 Å². The molecular formula is C12H18N2OS. The summed E-state index contributed by atoms with van der Waals surface area (Å²) >= 11 is 1.57. The van der Waals surface area contributed by atoms with Gasteiger partial charge in [-0.15, -0.1) is 11.8 Å². The maximum absolute atomic E-state index is 7.59. The van der Waals surface area contributed by atoms with Crippen molar-refractivity contribution in [2.45, 2.75) is 18.7 Å². The normalized spacial score (nSPS) is 10.5. The van der Waals surface area contributed by atoms with Crippen LogP contribution in [0.25, 0.3) is 0 Å². The molecule has 0 saturated heterocycles. The Morgan fingerprint density at radius 1 is 1.50 bits per heavy atom. The van der Waals surface area contributed by atoms with Gasteiger partial charge in [0.2, 0.25) is 0 Å². The first-order chi connectivity index (χ1) is 7.56. The minimum Gasteiger partial charge on any atom is -0.493 e. The summed E-state index contributed by atoms with van der Waals surface area (Å²) in [6.07, 6.45) is 1.97. The number of benzene rings is 1. The Bertz CT molecular complexity index is 377. The summed E-state index contributed by atoms with van der Waals surface area (Å²) in [7, 11) is 0. The van der Waals surface area contributed by atoms with Gasteiger partial charge in [0.1, 0.15) is 11.6 Å². The summed E-state index contributed by atoms with van der Waals surface area (Å²) in [5.41, 5.74) is 6.29. The minimum atomic E-state index is 0.0590. The van der Waals surface area contributed by atoms with E-state index in [0.29, 0.717) is 23.8 Å². The van der Waals surface area contributed by atoms with Gasteiger partial charge in [-0.2, -0.15) is 0 Å². The molecule has 0 heterocycles. The smallest absolute Gasteiger partial charge is 0.131 e. The molecule has 88 valence electrons. The van der Waals surface area contributed by atoms with Crippen LogP contribution in [0, 0.1) is 11.3 Å². The zero-order valence-corrected chi connectivity index (χ0v) is 10.7. The van der Waals surface area contributed by atoms with Crippen LogP contribution in [0.4, 0.5) is 0 Å². The number of hydrogen-bond donors (Lipinski definition) is 2. The van der Waals surface area contributed by atoms with Crippen LogP contribution in [0.3, 0.4) is 0 Å². The number of amidine groups is 1. The second-order valence-corrected chi connectivity index (χ2v) is 4.80. The Hall–Kier alpha value is -1.16. The van der Waals surface area contributed by atoms with E-state index >= 15 is 0 Å². The average molecular weight is 238 g/mol. The van der Waals surface area contributed by atoms with Gasteiger partial charge in [0.05, 0.1) is 12.2 Å². The van der Waals surface area contributed by atoms with E-state index in [1.54, 1.807) is 11.8 Å². The molecule has 0 amide bonds. The fraction of sp³-hybridized carbons (Fsp3) is 0.417. The summed E-state index contributed by atoms with van der Waals surface area (Å²) in [5, 5.41) is 7.59. The number of thioether (sulfide) groups is 1. The first-order valence-electron chi connectivity index (χ1n) is 5.20. The Labute approximate surface area is 101 Å². The molecule has 3 N–H and O–H groups in total. The van der Waals surface area contributed by atoms with Gasteiger partial charge in [-0.05, 0) is 24.3 Å². The fourth-order valence-electron chi connectivity index (χ4n) is 1.32. The lowest BCUT2D eigenvalue weighted by Gasteiger charge is -2.14. The van der Waals surface area contributed by atoms with Gasteiger partial charge in [0, 0.05) is 4.90 Å². The van der Waals surface area contributed by atoms with Crippen LogP contribution in [0.1, 0.15) is 19.4 Å². The van der Waals surface area contributed by atoms with Crippen molar-refractivity contribution in [2.24, 2.45) is 11.7 Å². The zero-order valence-electron chi connectivity index (χ0n) is 9.91. The van der Waals surface area contributed by atoms with Gasteiger partial charge >= 0.3 is 0 Å². The lowest BCUT2D eigenvalue weighted by atomic mass is 10.2. The van der Waals surface area contributed by atoms with Gasteiger partial charge in [-0.25, -0.2) is 0 Å². The molecule has 0 unspecified atom stereocenters. The van der Waals surface area contributed by atoms with Crippen molar-refractivity contribution in [3.8, 4) is 5.75 Å². The van der Waals surface area contributed by atoms with Crippen LogP contribution in [-0.4, -0.2) is 18.7 Å². The van der Waals surface area contributed by atoms with Crippen LogP contribution in [-0.2, 0) is 0 Å². The van der Waals surface area contributed by atoms with Crippen molar-refractivity contribution in [3.05, 3.63) is 23.8 Å². The van der Waals surface area contributed by atoms with Crippen LogP contribution in [0.2, 0.25) is 0 Å². The summed E-state index contributed by atoms with van der Waals surface area (Å²) in [6, 6.07) is 5.73. The molecular weight excluding hydrogens is 220 g/mol. The first-order valence-corrected chi connectivity index (χ1v) is 6.43. The molecule has 16 heavy (non-hydrogen) atoms. The Morgan fingerprint density at radius 2 is 2.19 bits per heavy atom. The molecule has 0 fully saturated rings. The molecule has 0 spiro atoms. The number of nitrogens with one attached hydrogen (secondary N) is 1. The third kappa shape index (κ3) is 3.17. The van der Waals surface area contributed by atoms with Crippen LogP contribution in [0.5, 0.6) is 5.75 Å². The molecule has 0 aliphatic carbocycles. The summed E-state index contributed by atoms with van der Waals surface area (Å²) in [5.74, 6) is 1.22. The molecule has 0 atom stereocenters. The van der Waals surface area contributed by atoms with Gasteiger partial charge in [-0.1, -0.05) is 19.9 Å². The predicted molar refractivity (Wildman–Crippen MR) is 69.6 cm³/mol. The number of hydrogen-bond acceptors (Lipinski definition) is 3. The number of rotatable bonds is 5. The topological polar surface area (TPSA) is 59.1 Å². The summed E-state index contributed by atoms with van der Waals surface area (Å²) in [4.78, 5) is 0.980. The van der Waals surface area contributed by atoms with E-state index in [1.165, 1.54) is 0 Å². The second kappa shape index (κ2) is 5.80. The third-order valence-corrected chi connectivity index (χ3v) is 2.83. The van der Waals surface area contributed by atoms with Crippen LogP contribution >= 0.6 is 11.8 Å². The molecule has 0 aliphatic rings. The molecule has 0 radical (unpaired) electrons. The Balaban J connectivity index is 3.02. The predicted octanol–water partition coefficient (Wildman–Crippen LogP) is 2.73. The van der Waals surface area contributed by atoms with Gasteiger partial charge in [0.25, 0.3) is 0 Å². The lowest BCUT2D eigenvalue weighted by Crippen LogP contribution is -2.15. The highest BCUT2D eigenvalue weighted by Crippen LogP contribution is 2.28. The van der Waals surface area contributed by atoms with Crippen LogP contribution < -0.4 is 10.5 Å². The second-order valence-electron chi connectivity index (χ2n) is 3.95. The number of nitrogen functional groups attached to an aromatic ring is 1. The van der Waals surface area contributed by atoms with Crippen molar-refractivity contribution in [3.63, 3.8) is 0 Å². The molecule has 4 heteroatoms. The molecule has 0 aliphatic heterocycles. The molecule has 0 aromatic heterocycles. The molecule has 0 bridgehead atoms. The molecule has 1 aromatic carbocycles. The van der Waals surface area contributed by atoms with E-state index in [4.69, 9.17) is 15.9 Å². The highest BCUT2D eigenvalue weighted by atomic mass is 32.2. The largest absolute Gasteiger partial charge is 0.493 e. The maximum Gasteiger partial charge on any atom is 0.131 e. The van der Waals surface area contributed by atoms with Gasteiger partial charge < -0.3 is 10.5 Å². The minimum absolute atomic E-state index is 0.0590. The molecule has 0 saturated carbocycles. The standard InChI is InChI=1S/C12H18N2OS/c1-8(2)7-15-9-5-4-6-10(16-3)11(9)12(13)14/h4-6,8H,7H2,1-3H3,(H3,13,14). The van der Waals surface area contributed by atoms with Crippen molar-refractivity contribution >= 4 is 17.6 Å². The number of ether oxygens (including phenoxy) is 1. The zero-order chi connectivity index (χ0) is 12.1.